The van der Waals surface area contributed by atoms with E-state index in [-0.39, 0.29) is 5.44 Å². The predicted molar refractivity (Wildman–Crippen MR) is 76.1 cm³/mol. The maximum absolute atomic E-state index is 5.40. The van der Waals surface area contributed by atoms with E-state index < -0.39 is 5.69 Å². The van der Waals surface area contributed by atoms with Crippen LogP contribution in [0.25, 0.3) is 0 Å². The van der Waals surface area contributed by atoms with Crippen molar-refractivity contribution in [3.63, 3.8) is 0 Å². The van der Waals surface area contributed by atoms with E-state index in [9.17, 15) is 0 Å². The van der Waals surface area contributed by atoms with Crippen molar-refractivity contribution in [2.24, 2.45) is 9.74 Å². The third kappa shape index (κ3) is 6.14. The van der Waals surface area contributed by atoms with Crippen molar-refractivity contribution >= 4 is 35.2 Å². The van der Waals surface area contributed by atoms with Crippen molar-refractivity contribution < 1.29 is 4.74 Å². The van der Waals surface area contributed by atoms with Crippen LogP contribution in [0.5, 0.6) is 0 Å². The average molecular weight is 278 g/mol. The lowest BCUT2D eigenvalue weighted by Crippen LogP contribution is -1.99. The van der Waals surface area contributed by atoms with Crippen LogP contribution in [0.2, 0.25) is 0 Å². The van der Waals surface area contributed by atoms with E-state index in [4.69, 9.17) is 16.5 Å². The quantitative estimate of drug-likeness (QED) is 0.317. The number of hydrogen-bond acceptors (Lipinski definition) is 4. The molecular weight excluding hydrogens is 259 g/mol. The van der Waals surface area contributed by atoms with Crippen molar-refractivity contribution in [3.05, 3.63) is 0 Å². The zero-order valence-corrected chi connectivity index (χ0v) is 12.4. The fraction of sp³-hybridized carbons (Fsp3) is 0.900. The van der Waals surface area contributed by atoms with Gasteiger partial charge in [0.15, 0.2) is 0 Å². The SMILES string of the molecule is CCOC(C)SP(=S)=NC=NC1CCCC1. The minimum atomic E-state index is -0.801. The third-order valence-electron chi connectivity index (χ3n) is 2.39. The maximum Gasteiger partial charge on any atom is 0.116 e. The molecule has 0 aromatic heterocycles. The second-order valence-corrected chi connectivity index (χ2v) is 8.67. The lowest BCUT2D eigenvalue weighted by Gasteiger charge is -2.06. The normalized spacial score (nSPS) is 20.8. The first kappa shape index (κ1) is 14.4. The monoisotopic (exact) mass is 278 g/mol. The molecular formula is C10H19N2OPS2. The lowest BCUT2D eigenvalue weighted by molar-refractivity contribution is 0.138. The summed E-state index contributed by atoms with van der Waals surface area (Å²) in [5.74, 6) is 0. The predicted octanol–water partition coefficient (Wildman–Crippen LogP) is 4.12. The largest absolute Gasteiger partial charge is 0.367 e. The molecule has 2 unspecified atom stereocenters. The van der Waals surface area contributed by atoms with Crippen LogP contribution >= 0.6 is 17.1 Å². The molecule has 0 heterocycles. The number of nitrogens with zero attached hydrogens (tertiary/aromatic N) is 2. The van der Waals surface area contributed by atoms with Crippen LogP contribution in [0.15, 0.2) is 9.74 Å². The van der Waals surface area contributed by atoms with Gasteiger partial charge in [-0.15, -0.1) is 0 Å². The highest BCUT2D eigenvalue weighted by atomic mass is 32.9. The smallest absolute Gasteiger partial charge is 0.116 e. The van der Waals surface area contributed by atoms with Crippen LogP contribution in [-0.2, 0) is 16.5 Å². The Morgan fingerprint density at radius 3 is 2.88 bits per heavy atom. The molecule has 0 bridgehead atoms. The molecule has 0 amide bonds. The van der Waals surface area contributed by atoms with Crippen molar-refractivity contribution in [3.8, 4) is 0 Å². The molecule has 1 aliphatic rings. The van der Waals surface area contributed by atoms with Crippen molar-refractivity contribution in [1.29, 1.82) is 0 Å². The van der Waals surface area contributed by atoms with Gasteiger partial charge in [0.25, 0.3) is 0 Å². The van der Waals surface area contributed by atoms with Crippen LogP contribution < -0.4 is 0 Å². The van der Waals surface area contributed by atoms with Gasteiger partial charge >= 0.3 is 0 Å². The molecule has 0 aliphatic heterocycles. The van der Waals surface area contributed by atoms with Gasteiger partial charge in [-0.1, -0.05) is 12.8 Å². The van der Waals surface area contributed by atoms with Gasteiger partial charge in [0.05, 0.1) is 6.04 Å². The fourth-order valence-electron chi connectivity index (χ4n) is 1.64. The zero-order chi connectivity index (χ0) is 11.8. The van der Waals surface area contributed by atoms with Crippen molar-refractivity contribution in [2.45, 2.75) is 51.0 Å². The van der Waals surface area contributed by atoms with Gasteiger partial charge in [-0.2, -0.15) is 0 Å². The van der Waals surface area contributed by atoms with Gasteiger partial charge in [0.2, 0.25) is 0 Å². The van der Waals surface area contributed by atoms with Crippen LogP contribution in [0.1, 0.15) is 39.5 Å². The second-order valence-electron chi connectivity index (χ2n) is 3.68. The summed E-state index contributed by atoms with van der Waals surface area (Å²) in [5.41, 5.74) is -0.665. The summed E-state index contributed by atoms with van der Waals surface area (Å²) >= 11 is 6.86. The van der Waals surface area contributed by atoms with Gasteiger partial charge in [-0.05, 0) is 49.9 Å². The van der Waals surface area contributed by atoms with Crippen molar-refractivity contribution in [1.82, 2.24) is 0 Å². The Labute approximate surface area is 107 Å². The Bertz CT molecular complexity index is 297. The van der Waals surface area contributed by atoms with Crippen LogP contribution in [0, 0.1) is 0 Å². The van der Waals surface area contributed by atoms with E-state index >= 15 is 0 Å². The molecule has 0 saturated heterocycles. The van der Waals surface area contributed by atoms with Crippen molar-refractivity contribution in [2.75, 3.05) is 6.61 Å². The molecule has 0 N–H and O–H groups in total. The van der Waals surface area contributed by atoms with Crippen LogP contribution in [-0.4, -0.2) is 24.4 Å². The van der Waals surface area contributed by atoms with E-state index in [1.54, 1.807) is 17.7 Å². The topological polar surface area (TPSA) is 34.0 Å². The molecule has 0 radical (unpaired) electrons. The molecule has 1 saturated carbocycles. The molecule has 92 valence electrons. The minimum Gasteiger partial charge on any atom is -0.367 e. The zero-order valence-electron chi connectivity index (χ0n) is 9.83. The van der Waals surface area contributed by atoms with E-state index in [1.807, 2.05) is 13.8 Å². The molecule has 0 spiro atoms. The van der Waals surface area contributed by atoms with Gasteiger partial charge < -0.3 is 4.74 Å². The number of hydrogen-bond donors (Lipinski definition) is 0. The van der Waals surface area contributed by atoms with E-state index in [0.29, 0.717) is 6.04 Å². The Morgan fingerprint density at radius 2 is 2.25 bits per heavy atom. The third-order valence-corrected chi connectivity index (χ3v) is 6.07. The molecule has 2 atom stereocenters. The standard InChI is InChI=1S/C10H19N2OPS2/c1-3-13-9(2)16-14(15)12-8-11-10-6-4-5-7-10/h8-10H,3-7H2,1-2H3. The van der Waals surface area contributed by atoms with Gasteiger partial charge in [0.1, 0.15) is 17.5 Å². The summed E-state index contributed by atoms with van der Waals surface area (Å²) < 4.78 is 9.68. The highest BCUT2D eigenvalue weighted by Crippen LogP contribution is 2.34. The molecule has 1 aliphatic carbocycles. The van der Waals surface area contributed by atoms with Crippen LogP contribution in [0.3, 0.4) is 0 Å². The first-order chi connectivity index (χ1) is 7.72. The Balaban J connectivity index is 2.29. The average Bonchev–Trinajstić information content (AvgIpc) is 2.70. The first-order valence-electron chi connectivity index (χ1n) is 5.70. The minimum absolute atomic E-state index is 0.136. The highest BCUT2D eigenvalue weighted by Gasteiger charge is 2.11. The summed E-state index contributed by atoms with van der Waals surface area (Å²) in [6, 6.07) is 0.497. The number of aliphatic imine (C=N–C) groups is 1. The Morgan fingerprint density at radius 1 is 1.56 bits per heavy atom. The van der Waals surface area contributed by atoms with E-state index in [1.165, 1.54) is 25.7 Å². The molecule has 6 heteroatoms. The summed E-state index contributed by atoms with van der Waals surface area (Å²) in [6.45, 7) is 4.73. The molecule has 0 aromatic rings. The Hall–Kier alpha value is 0.300. The second kappa shape index (κ2) is 8.40. The fourth-order valence-corrected chi connectivity index (χ4v) is 4.74. The summed E-state index contributed by atoms with van der Waals surface area (Å²) in [4.78, 5) is 4.42. The Kier molecular flexibility index (Phi) is 7.54. The molecule has 1 rings (SSSR count). The maximum atomic E-state index is 5.40. The highest BCUT2D eigenvalue weighted by molar-refractivity contribution is 8.61. The van der Waals surface area contributed by atoms with E-state index in [0.717, 1.165) is 6.61 Å². The lowest BCUT2D eigenvalue weighted by atomic mass is 10.3. The molecule has 16 heavy (non-hydrogen) atoms. The van der Waals surface area contributed by atoms with Gasteiger partial charge in [-0.25, -0.2) is 4.74 Å². The summed E-state index contributed by atoms with van der Waals surface area (Å²) in [5, 5.41) is 0. The number of rotatable bonds is 6. The van der Waals surface area contributed by atoms with Crippen LogP contribution in [0.4, 0.5) is 0 Å². The first-order valence-corrected chi connectivity index (χ1v) is 9.49. The molecule has 1 fully saturated rings. The summed E-state index contributed by atoms with van der Waals surface area (Å²) in [7, 11) is 0. The summed E-state index contributed by atoms with van der Waals surface area (Å²) in [6.07, 6.45) is 6.72. The van der Waals surface area contributed by atoms with E-state index in [2.05, 4.69) is 9.74 Å². The molecule has 0 aromatic carbocycles. The van der Waals surface area contributed by atoms with Gasteiger partial charge in [-0.3, -0.25) is 4.99 Å². The van der Waals surface area contributed by atoms with Gasteiger partial charge in [0, 0.05) is 6.61 Å². The number of ether oxygens (including phenoxy) is 1. The molecule has 3 nitrogen and oxygen atoms in total.